The number of fused-ring (bicyclic) bond motifs is 1. The van der Waals surface area contributed by atoms with Crippen molar-refractivity contribution in [3.8, 4) is 0 Å². The first-order valence-corrected chi connectivity index (χ1v) is 15.0. The van der Waals surface area contributed by atoms with Gasteiger partial charge in [0.05, 0.1) is 12.3 Å². The predicted molar refractivity (Wildman–Crippen MR) is 144 cm³/mol. The first kappa shape index (κ1) is 27.3. The number of carbonyl (C=O) groups excluding carboxylic acids is 2. The number of piperidine rings is 1. The van der Waals surface area contributed by atoms with Crippen molar-refractivity contribution in [2.75, 3.05) is 66.5 Å². The van der Waals surface area contributed by atoms with Crippen LogP contribution >= 0.6 is 0 Å². The maximum Gasteiger partial charge on any atom is 0.239 e. The smallest absolute Gasteiger partial charge is 0.239 e. The average molecular weight is 519 g/mol. The fourth-order valence-electron chi connectivity index (χ4n) is 7.61. The molecule has 4 unspecified atom stereocenters. The molecule has 0 radical (unpaired) electrons. The summed E-state index contributed by atoms with van der Waals surface area (Å²) >= 11 is 0. The molecule has 4 heterocycles. The van der Waals surface area contributed by atoms with Crippen molar-refractivity contribution in [3.63, 3.8) is 0 Å². The van der Waals surface area contributed by atoms with Gasteiger partial charge in [0, 0.05) is 71.4 Å². The maximum atomic E-state index is 13.2. The third-order valence-corrected chi connectivity index (χ3v) is 10.1. The lowest BCUT2D eigenvalue weighted by atomic mass is 9.87. The second-order valence-corrected chi connectivity index (χ2v) is 12.2. The molecule has 0 spiro atoms. The van der Waals surface area contributed by atoms with E-state index < -0.39 is 0 Å². The topological polar surface area (TPSA) is 80.4 Å². The van der Waals surface area contributed by atoms with Gasteiger partial charge in [-0.3, -0.25) is 24.3 Å². The van der Waals surface area contributed by atoms with Crippen molar-refractivity contribution >= 4 is 11.8 Å². The van der Waals surface area contributed by atoms with Gasteiger partial charge in [0.25, 0.3) is 0 Å². The largest absolute Gasteiger partial charge is 0.381 e. The number of hydrogen-bond donors (Lipinski definition) is 2. The molecule has 4 atom stereocenters. The van der Waals surface area contributed by atoms with Crippen LogP contribution in [0, 0.1) is 5.92 Å². The molecule has 1 saturated carbocycles. The van der Waals surface area contributed by atoms with E-state index in [1.54, 1.807) is 0 Å². The SMILES string of the molecule is COC1CCC(CN2CCC3C2C(=O)NCC(CCC(=O)N2CCN(C4CCCCN4)CC2)N3C)CC1. The summed E-state index contributed by atoms with van der Waals surface area (Å²) in [5, 5.41) is 6.88. The summed E-state index contributed by atoms with van der Waals surface area (Å²) in [4.78, 5) is 35.7. The van der Waals surface area contributed by atoms with E-state index in [4.69, 9.17) is 4.74 Å². The van der Waals surface area contributed by atoms with E-state index in [1.807, 2.05) is 7.11 Å². The Hall–Kier alpha value is -1.26. The van der Waals surface area contributed by atoms with Gasteiger partial charge in [-0.05, 0) is 77.3 Å². The number of nitrogens with one attached hydrogen (secondary N) is 2. The molecule has 5 aliphatic rings. The Bertz CT molecular complexity index is 761. The molecule has 5 fully saturated rings. The summed E-state index contributed by atoms with van der Waals surface area (Å²) in [5.41, 5.74) is 0. The Balaban J connectivity index is 1.09. The minimum Gasteiger partial charge on any atom is -0.381 e. The van der Waals surface area contributed by atoms with E-state index in [0.717, 1.165) is 71.5 Å². The number of likely N-dealkylation sites (N-methyl/N-ethyl adjacent to an activating group) is 1. The highest BCUT2D eigenvalue weighted by Gasteiger charge is 2.45. The van der Waals surface area contributed by atoms with Gasteiger partial charge in [-0.15, -0.1) is 0 Å². The Morgan fingerprint density at radius 2 is 1.78 bits per heavy atom. The van der Waals surface area contributed by atoms with Gasteiger partial charge in [0.15, 0.2) is 0 Å². The fraction of sp³-hybridized carbons (Fsp3) is 0.929. The maximum absolute atomic E-state index is 13.2. The van der Waals surface area contributed by atoms with Crippen LogP contribution < -0.4 is 10.6 Å². The Morgan fingerprint density at radius 3 is 2.49 bits per heavy atom. The molecule has 0 aromatic rings. The molecule has 0 aromatic heterocycles. The minimum atomic E-state index is -0.0627. The molecule has 9 nitrogen and oxygen atoms in total. The zero-order chi connectivity index (χ0) is 25.8. The zero-order valence-electron chi connectivity index (χ0n) is 23.2. The number of piperazine rings is 1. The van der Waals surface area contributed by atoms with E-state index >= 15 is 0 Å². The summed E-state index contributed by atoms with van der Waals surface area (Å²) in [6.45, 7) is 7.37. The highest BCUT2D eigenvalue weighted by molar-refractivity contribution is 5.83. The summed E-state index contributed by atoms with van der Waals surface area (Å²) in [6, 6.07) is 0.393. The van der Waals surface area contributed by atoms with Crippen molar-refractivity contribution in [2.24, 2.45) is 5.92 Å². The van der Waals surface area contributed by atoms with Gasteiger partial charge in [0.2, 0.25) is 11.8 Å². The van der Waals surface area contributed by atoms with Crippen molar-refractivity contribution in [1.29, 1.82) is 0 Å². The van der Waals surface area contributed by atoms with Crippen LogP contribution in [-0.2, 0) is 14.3 Å². The summed E-state index contributed by atoms with van der Waals surface area (Å²) in [5.74, 6) is 1.12. The molecule has 37 heavy (non-hydrogen) atoms. The van der Waals surface area contributed by atoms with Gasteiger partial charge in [-0.25, -0.2) is 0 Å². The molecule has 2 amide bonds. The van der Waals surface area contributed by atoms with Crippen LogP contribution in [0.4, 0.5) is 0 Å². The average Bonchev–Trinajstić information content (AvgIpc) is 3.32. The Kier molecular flexibility index (Phi) is 9.40. The summed E-state index contributed by atoms with van der Waals surface area (Å²) < 4.78 is 5.55. The first-order chi connectivity index (χ1) is 18.0. The van der Waals surface area contributed by atoms with E-state index in [1.165, 1.54) is 32.1 Å². The lowest BCUT2D eigenvalue weighted by Gasteiger charge is -2.41. The van der Waals surface area contributed by atoms with Crippen LogP contribution in [0.5, 0.6) is 0 Å². The number of hydrogen-bond acceptors (Lipinski definition) is 7. The van der Waals surface area contributed by atoms with Crippen LogP contribution in [-0.4, -0.2) is 128 Å². The van der Waals surface area contributed by atoms with Crippen molar-refractivity contribution in [2.45, 2.75) is 94.6 Å². The number of nitrogens with zero attached hydrogens (tertiary/aromatic N) is 4. The lowest BCUT2D eigenvalue weighted by Crippen LogP contribution is -2.56. The number of rotatable bonds is 7. The molecule has 4 aliphatic heterocycles. The second-order valence-electron chi connectivity index (χ2n) is 12.2. The molecule has 0 bridgehead atoms. The molecular formula is C28H50N6O3. The quantitative estimate of drug-likeness (QED) is 0.522. The molecule has 210 valence electrons. The molecular weight excluding hydrogens is 468 g/mol. The van der Waals surface area contributed by atoms with Crippen molar-refractivity contribution in [3.05, 3.63) is 0 Å². The Morgan fingerprint density at radius 1 is 1.00 bits per heavy atom. The van der Waals surface area contributed by atoms with Gasteiger partial charge >= 0.3 is 0 Å². The van der Waals surface area contributed by atoms with Crippen LogP contribution in [0.1, 0.15) is 64.2 Å². The van der Waals surface area contributed by atoms with Gasteiger partial charge < -0.3 is 20.3 Å². The number of carbonyl (C=O) groups is 2. The normalized spacial score (nSPS) is 36.7. The monoisotopic (exact) mass is 518 g/mol. The number of ether oxygens (including phenoxy) is 1. The number of likely N-dealkylation sites (tertiary alicyclic amines) is 1. The number of amides is 2. The molecule has 0 aromatic carbocycles. The first-order valence-electron chi connectivity index (χ1n) is 15.0. The molecule has 2 N–H and O–H groups in total. The number of methoxy groups -OCH3 is 1. The molecule has 9 heteroatoms. The van der Waals surface area contributed by atoms with E-state index in [9.17, 15) is 9.59 Å². The molecule has 1 aliphatic carbocycles. The lowest BCUT2D eigenvalue weighted by molar-refractivity contribution is -0.134. The van der Waals surface area contributed by atoms with Crippen LogP contribution in [0.15, 0.2) is 0 Å². The van der Waals surface area contributed by atoms with Crippen molar-refractivity contribution < 1.29 is 14.3 Å². The highest BCUT2D eigenvalue weighted by atomic mass is 16.5. The summed E-state index contributed by atoms with van der Waals surface area (Å²) in [7, 11) is 4.00. The summed E-state index contributed by atoms with van der Waals surface area (Å²) in [6.07, 6.45) is 11.8. The van der Waals surface area contributed by atoms with Crippen LogP contribution in [0.2, 0.25) is 0 Å². The molecule has 4 saturated heterocycles. The Labute approximate surface area is 223 Å². The second kappa shape index (κ2) is 12.7. The highest BCUT2D eigenvalue weighted by Crippen LogP contribution is 2.32. The van der Waals surface area contributed by atoms with E-state index in [2.05, 4.69) is 37.3 Å². The third-order valence-electron chi connectivity index (χ3n) is 10.1. The van der Waals surface area contributed by atoms with Crippen molar-refractivity contribution in [1.82, 2.24) is 30.2 Å². The van der Waals surface area contributed by atoms with Gasteiger partial charge in [-0.1, -0.05) is 0 Å². The van der Waals surface area contributed by atoms with E-state index in [0.29, 0.717) is 31.2 Å². The predicted octanol–water partition coefficient (Wildman–Crippen LogP) is 1.09. The fourth-order valence-corrected chi connectivity index (χ4v) is 7.61. The standard InChI is InChI=1S/C28H50N6O3/c1-31-22(8-11-26(35)33-17-15-32(16-18-33)25-5-3-4-13-29-25)19-30-28(36)27-24(31)12-14-34(27)20-21-6-9-23(37-2)10-7-21/h21-25,27,29H,3-20H2,1-2H3,(H,30,36). The van der Waals surface area contributed by atoms with E-state index in [-0.39, 0.29) is 29.9 Å². The van der Waals surface area contributed by atoms with Crippen LogP contribution in [0.25, 0.3) is 0 Å². The van der Waals surface area contributed by atoms with Crippen LogP contribution in [0.3, 0.4) is 0 Å². The third kappa shape index (κ3) is 6.49. The zero-order valence-corrected chi connectivity index (χ0v) is 23.2. The van der Waals surface area contributed by atoms with Gasteiger partial charge in [-0.2, -0.15) is 0 Å². The molecule has 5 rings (SSSR count). The minimum absolute atomic E-state index is 0.0627. The van der Waals surface area contributed by atoms with Gasteiger partial charge in [0.1, 0.15) is 6.04 Å².